The minimum Gasteiger partial charge on any atom is -0.325 e. The number of nitrogens with zero attached hydrogens (tertiary/aromatic N) is 3. The molecule has 0 aliphatic carbocycles. The van der Waals surface area contributed by atoms with E-state index < -0.39 is 18.5 Å². The summed E-state index contributed by atoms with van der Waals surface area (Å²) >= 11 is 11.1. The number of hydrogen-bond acceptors (Lipinski definition) is 4. The smallest absolute Gasteiger partial charge is 0.325 e. The zero-order chi connectivity index (χ0) is 25.7. The predicted octanol–water partition coefficient (Wildman–Crippen LogP) is 7.14. The molecule has 0 radical (unpaired) electrons. The summed E-state index contributed by atoms with van der Waals surface area (Å²) in [5, 5.41) is 4.26. The van der Waals surface area contributed by atoms with Gasteiger partial charge in [0.05, 0.1) is 23.6 Å². The topological polar surface area (TPSA) is 40.0 Å². The van der Waals surface area contributed by atoms with E-state index in [1.54, 1.807) is 12.3 Å². The summed E-state index contributed by atoms with van der Waals surface area (Å²) in [6, 6.07) is 18.4. The Kier molecular flexibility index (Phi) is 7.81. The van der Waals surface area contributed by atoms with Crippen LogP contribution in [0.4, 0.5) is 28.9 Å². The number of rotatable bonds is 2. The van der Waals surface area contributed by atoms with Gasteiger partial charge in [-0.15, -0.1) is 0 Å². The molecule has 3 aromatic carbocycles. The van der Waals surface area contributed by atoms with Crippen molar-refractivity contribution < 1.29 is 17.6 Å². The van der Waals surface area contributed by atoms with Gasteiger partial charge in [0.25, 0.3) is 0 Å². The second-order valence-electron chi connectivity index (χ2n) is 7.74. The molecule has 0 saturated carbocycles. The first-order valence-corrected chi connectivity index (χ1v) is 11.5. The fraction of sp³-hybridized carbons (Fsp3) is 0.115. The molecule has 1 N–H and O–H groups in total. The maximum absolute atomic E-state index is 14.2. The number of hydrazone groups is 1. The number of hydrogen-bond donors (Lipinski definition) is 1. The van der Waals surface area contributed by atoms with Crippen molar-refractivity contribution in [2.75, 3.05) is 23.4 Å². The first-order chi connectivity index (χ1) is 17.2. The molecule has 0 bridgehead atoms. The largest absolute Gasteiger partial charge is 0.406 e. The van der Waals surface area contributed by atoms with Gasteiger partial charge >= 0.3 is 6.18 Å². The van der Waals surface area contributed by atoms with Gasteiger partial charge in [-0.25, -0.2) is 4.39 Å². The fourth-order valence-electron chi connectivity index (χ4n) is 3.66. The molecule has 2 aliphatic heterocycles. The van der Waals surface area contributed by atoms with Crippen molar-refractivity contribution in [1.29, 1.82) is 0 Å². The van der Waals surface area contributed by atoms with Crippen LogP contribution in [0.1, 0.15) is 16.7 Å². The van der Waals surface area contributed by atoms with Gasteiger partial charge in [0.1, 0.15) is 17.4 Å². The van der Waals surface area contributed by atoms with Gasteiger partial charge in [-0.05, 0) is 48.0 Å². The molecular weight excluding hydrogens is 512 g/mol. The van der Waals surface area contributed by atoms with E-state index >= 15 is 0 Å². The van der Waals surface area contributed by atoms with E-state index in [9.17, 15) is 17.6 Å². The van der Waals surface area contributed by atoms with Crippen LogP contribution in [0.25, 0.3) is 6.08 Å². The van der Waals surface area contributed by atoms with Crippen LogP contribution in [0, 0.1) is 5.82 Å². The number of nitrogens with one attached hydrogen (secondary N) is 1. The van der Waals surface area contributed by atoms with Crippen LogP contribution in [0.15, 0.2) is 82.9 Å². The van der Waals surface area contributed by atoms with E-state index in [-0.39, 0.29) is 28.5 Å². The van der Waals surface area contributed by atoms with Crippen LogP contribution in [0.3, 0.4) is 0 Å². The number of alkyl halides is 3. The molecule has 10 heteroatoms. The van der Waals surface area contributed by atoms with Crippen LogP contribution in [-0.4, -0.2) is 36.2 Å². The maximum Gasteiger partial charge on any atom is 0.406 e. The highest BCUT2D eigenvalue weighted by Crippen LogP contribution is 2.32. The third kappa shape index (κ3) is 6.16. The molecule has 4 nitrogen and oxygen atoms in total. The third-order valence-electron chi connectivity index (χ3n) is 5.23. The van der Waals surface area contributed by atoms with Gasteiger partial charge in [-0.3, -0.25) is 10.4 Å². The first-order valence-electron chi connectivity index (χ1n) is 10.7. The van der Waals surface area contributed by atoms with E-state index in [4.69, 9.17) is 23.8 Å². The molecule has 5 rings (SSSR count). The molecule has 2 heterocycles. The minimum absolute atomic E-state index is 0.00670. The Hall–Kier alpha value is -3.56. The van der Waals surface area contributed by atoms with Crippen molar-refractivity contribution in [2.24, 2.45) is 10.1 Å². The second-order valence-corrected chi connectivity index (χ2v) is 8.65. The number of halogens is 5. The molecule has 36 heavy (non-hydrogen) atoms. The van der Waals surface area contributed by atoms with Gasteiger partial charge in [0, 0.05) is 22.4 Å². The zero-order valence-electron chi connectivity index (χ0n) is 18.6. The summed E-state index contributed by atoms with van der Waals surface area (Å²) in [4.78, 5) is 5.24. The van der Waals surface area contributed by atoms with Crippen molar-refractivity contribution in [1.82, 2.24) is 0 Å². The van der Waals surface area contributed by atoms with Crippen molar-refractivity contribution in [2.45, 2.75) is 6.18 Å². The van der Waals surface area contributed by atoms with Crippen LogP contribution in [-0.2, 0) is 0 Å². The Morgan fingerprint density at radius 1 is 1.00 bits per heavy atom. The molecule has 0 amide bonds. The Morgan fingerprint density at radius 2 is 1.75 bits per heavy atom. The molecule has 184 valence electrons. The Labute approximate surface area is 215 Å². The number of benzene rings is 3. The van der Waals surface area contributed by atoms with Crippen molar-refractivity contribution in [3.63, 3.8) is 0 Å². The van der Waals surface area contributed by atoms with E-state index in [1.807, 2.05) is 36.4 Å². The normalized spacial score (nSPS) is 14.4. The highest BCUT2D eigenvalue weighted by molar-refractivity contribution is 7.80. The average Bonchev–Trinajstić information content (AvgIpc) is 3.15. The number of para-hydroxylation sites is 1. The lowest BCUT2D eigenvalue weighted by molar-refractivity contribution is -0.117. The van der Waals surface area contributed by atoms with Crippen molar-refractivity contribution in [3.05, 3.63) is 100 Å². The van der Waals surface area contributed by atoms with Gasteiger partial charge < -0.3 is 4.90 Å². The van der Waals surface area contributed by atoms with Crippen LogP contribution < -0.4 is 10.3 Å². The van der Waals surface area contributed by atoms with Crippen LogP contribution in [0.5, 0.6) is 0 Å². The number of allylic oxidation sites excluding steroid dienone is 1. The number of aliphatic imine (C=N–C) groups is 1. The lowest BCUT2D eigenvalue weighted by Crippen LogP contribution is -2.39. The number of anilines is 2. The molecule has 0 spiro atoms. The second kappa shape index (κ2) is 11.0. The Balaban J connectivity index is 0.000000229. The van der Waals surface area contributed by atoms with E-state index in [0.717, 1.165) is 10.6 Å². The molecule has 0 aromatic heterocycles. The van der Waals surface area contributed by atoms with E-state index in [2.05, 4.69) is 15.5 Å². The predicted molar refractivity (Wildman–Crippen MR) is 142 cm³/mol. The summed E-state index contributed by atoms with van der Waals surface area (Å²) in [5.41, 5.74) is 6.07. The molecule has 0 fully saturated rings. The summed E-state index contributed by atoms with van der Waals surface area (Å²) < 4.78 is 53.2. The fourth-order valence-corrected chi connectivity index (χ4v) is 4.06. The standard InChI is InChI=1S/C17H11ClF4N2S.C9H8N2/c18-10-5-6-14-12(7-10)16(11-3-1-2-4-13(11)19)23-8-15(25)24(14)9-17(20,21)22;1-2-6-9-8(4-1)5-3-7-10-11-9/h1-7H,8-9H2;1-7,11H. The molecule has 2 aliphatic rings. The maximum atomic E-state index is 14.2. The van der Waals surface area contributed by atoms with Gasteiger partial charge in [0.15, 0.2) is 0 Å². The monoisotopic (exact) mass is 530 g/mol. The number of fused-ring (bicyclic) bond motifs is 2. The lowest BCUT2D eigenvalue weighted by Gasteiger charge is -2.26. The molecule has 0 atom stereocenters. The lowest BCUT2D eigenvalue weighted by atomic mass is 9.99. The summed E-state index contributed by atoms with van der Waals surface area (Å²) in [6.45, 7) is -1.40. The number of benzodiazepines with no additional fused rings is 1. The summed E-state index contributed by atoms with van der Waals surface area (Å²) in [6.07, 6.45) is 1.22. The van der Waals surface area contributed by atoms with Crippen molar-refractivity contribution >= 4 is 58.2 Å². The van der Waals surface area contributed by atoms with Gasteiger partial charge in [-0.2, -0.15) is 18.3 Å². The molecule has 0 unspecified atom stereocenters. The minimum atomic E-state index is -4.45. The highest BCUT2D eigenvalue weighted by Gasteiger charge is 2.35. The summed E-state index contributed by atoms with van der Waals surface area (Å²) in [5.74, 6) is -0.526. The Morgan fingerprint density at radius 3 is 2.53 bits per heavy atom. The summed E-state index contributed by atoms with van der Waals surface area (Å²) in [7, 11) is 0. The van der Waals surface area contributed by atoms with E-state index in [0.29, 0.717) is 10.6 Å². The quantitative estimate of drug-likeness (QED) is 0.283. The average molecular weight is 531 g/mol. The van der Waals surface area contributed by atoms with Crippen LogP contribution in [0.2, 0.25) is 5.02 Å². The van der Waals surface area contributed by atoms with Gasteiger partial charge in [-0.1, -0.05) is 60.2 Å². The third-order valence-corrected chi connectivity index (χ3v) is 5.81. The molecular formula is C26H19ClF4N4S. The van der Waals surface area contributed by atoms with Gasteiger partial charge in [0.2, 0.25) is 0 Å². The van der Waals surface area contributed by atoms with Crippen LogP contribution >= 0.6 is 23.8 Å². The molecule has 0 saturated heterocycles. The SMILES string of the molecule is C1=Cc2ccccc2NN=C1.Fc1ccccc1C1=NCC(=S)N(CC(F)(F)F)c2ccc(Cl)cc21. The van der Waals surface area contributed by atoms with E-state index in [1.165, 1.54) is 42.0 Å². The number of thiocarbonyl (C=S) groups is 1. The first kappa shape index (κ1) is 25.5. The molecule has 3 aromatic rings. The van der Waals surface area contributed by atoms with Crippen molar-refractivity contribution in [3.8, 4) is 0 Å². The zero-order valence-corrected chi connectivity index (χ0v) is 20.2. The Bertz CT molecular complexity index is 1370. The highest BCUT2D eigenvalue weighted by atomic mass is 35.5.